The van der Waals surface area contributed by atoms with Crippen LogP contribution >= 0.6 is 11.6 Å². The lowest BCUT2D eigenvalue weighted by molar-refractivity contribution is -0.907. The van der Waals surface area contributed by atoms with E-state index in [-0.39, 0.29) is 69.5 Å². The smallest absolute Gasteiger partial charge is 0.365 e. The molecule has 0 unspecified atom stereocenters. The zero-order chi connectivity index (χ0) is 37.4. The second kappa shape index (κ2) is 14.3. The fourth-order valence-electron chi connectivity index (χ4n) is 6.64. The van der Waals surface area contributed by atoms with Crippen molar-refractivity contribution in [3.05, 3.63) is 71.2 Å². The first-order valence-electron chi connectivity index (χ1n) is 16.4. The predicted octanol–water partition coefficient (Wildman–Crippen LogP) is 2.61. The third-order valence-corrected chi connectivity index (χ3v) is 9.78. The van der Waals surface area contributed by atoms with Crippen LogP contribution in [-0.4, -0.2) is 120 Å². The number of hydrogen-bond donors (Lipinski definition) is 2. The molecule has 274 valence electrons. The summed E-state index contributed by atoms with van der Waals surface area (Å²) in [6.45, 7) is 3.01. The number of carbonyl (C=O) groups is 4. The van der Waals surface area contributed by atoms with Gasteiger partial charge in [-0.3, -0.25) is 19.2 Å². The molecule has 0 saturated carbocycles. The molecule has 2 saturated heterocycles. The molecule has 3 aromatic heterocycles. The van der Waals surface area contributed by atoms with Crippen LogP contribution in [0.2, 0.25) is 5.02 Å². The molecule has 2 aliphatic heterocycles. The molecular formula is C33H36ClF3N11O4+. The maximum Gasteiger partial charge on any atom is 0.435 e. The molecule has 4 aromatic rings. The lowest BCUT2D eigenvalue weighted by atomic mass is 9.93. The molecule has 3 N–H and O–H groups in total. The van der Waals surface area contributed by atoms with Crippen molar-refractivity contribution < 1.29 is 36.8 Å². The van der Waals surface area contributed by atoms with Gasteiger partial charge in [0.2, 0.25) is 11.9 Å². The number of hydrogen-bond acceptors (Lipinski definition) is 8. The monoisotopic (exact) mass is 742 g/mol. The molecule has 4 amide bonds. The van der Waals surface area contributed by atoms with E-state index in [9.17, 15) is 32.3 Å². The second-order valence-corrected chi connectivity index (χ2v) is 13.5. The zero-order valence-electron chi connectivity index (χ0n) is 28.3. The number of nitrogens with zero attached hydrogens (tertiary/aromatic N) is 9. The van der Waals surface area contributed by atoms with Crippen molar-refractivity contribution in [2.75, 3.05) is 58.2 Å². The molecule has 15 nitrogen and oxygen atoms in total. The molecule has 0 spiro atoms. The third-order valence-electron chi connectivity index (χ3n) is 9.46. The van der Waals surface area contributed by atoms with Crippen LogP contribution in [0.3, 0.4) is 0 Å². The number of halogens is 4. The summed E-state index contributed by atoms with van der Waals surface area (Å²) < 4.78 is 44.5. The number of anilines is 1. The largest absolute Gasteiger partial charge is 0.435 e. The summed E-state index contributed by atoms with van der Waals surface area (Å²) in [6.07, 6.45) is 1.49. The number of quaternary nitrogens is 1. The second-order valence-electron chi connectivity index (χ2n) is 13.1. The first-order chi connectivity index (χ1) is 24.6. The Bertz CT molecular complexity index is 2000. The Morgan fingerprint density at radius 1 is 1.02 bits per heavy atom. The summed E-state index contributed by atoms with van der Waals surface area (Å²) in [5, 5.41) is 6.35. The summed E-state index contributed by atoms with van der Waals surface area (Å²) in [5.74, 6) is -1.77. The van der Waals surface area contributed by atoms with E-state index in [2.05, 4.69) is 25.4 Å². The van der Waals surface area contributed by atoms with Crippen LogP contribution in [0.15, 0.2) is 49.1 Å². The molecule has 0 radical (unpaired) electrons. The van der Waals surface area contributed by atoms with E-state index in [0.29, 0.717) is 56.6 Å². The fourth-order valence-corrected chi connectivity index (χ4v) is 6.90. The van der Waals surface area contributed by atoms with Crippen LogP contribution < -0.4 is 11.1 Å². The highest BCUT2D eigenvalue weighted by Crippen LogP contribution is 2.37. The molecule has 2 fully saturated rings. The number of nitrogens with two attached hydrogens (primary N) is 1. The van der Waals surface area contributed by atoms with Crippen molar-refractivity contribution in [3.63, 3.8) is 0 Å². The minimum Gasteiger partial charge on any atom is -0.365 e. The number of aromatic nitrogens is 6. The number of likely N-dealkylation sites (N-methyl/N-ethyl adjacent to an activating group) is 1. The Balaban J connectivity index is 1.08. The summed E-state index contributed by atoms with van der Waals surface area (Å²) in [4.78, 5) is 66.6. The first kappa shape index (κ1) is 36.4. The molecular weight excluding hydrogens is 707 g/mol. The van der Waals surface area contributed by atoms with E-state index in [1.165, 1.54) is 48.3 Å². The predicted molar refractivity (Wildman–Crippen MR) is 181 cm³/mol. The Morgan fingerprint density at radius 2 is 1.67 bits per heavy atom. The highest BCUT2D eigenvalue weighted by Gasteiger charge is 2.40. The summed E-state index contributed by atoms with van der Waals surface area (Å²) in [6, 6.07) is 5.87. The molecule has 19 heteroatoms. The van der Waals surface area contributed by atoms with Gasteiger partial charge in [-0.15, -0.1) is 0 Å². The fraction of sp³-hybridized carbons (Fsp3) is 0.394. The van der Waals surface area contributed by atoms with Crippen molar-refractivity contribution in [1.82, 2.24) is 39.1 Å². The number of alkyl halides is 3. The van der Waals surface area contributed by atoms with E-state index in [0.717, 1.165) is 17.1 Å². The first-order valence-corrected chi connectivity index (χ1v) is 16.8. The minimum absolute atomic E-state index is 0.0263. The van der Waals surface area contributed by atoms with Gasteiger partial charge in [0.15, 0.2) is 18.1 Å². The molecule has 2 aliphatic rings. The van der Waals surface area contributed by atoms with Crippen LogP contribution in [-0.2, 0) is 22.8 Å². The van der Waals surface area contributed by atoms with Gasteiger partial charge in [0.25, 0.3) is 17.7 Å². The van der Waals surface area contributed by atoms with Gasteiger partial charge in [0.05, 0.1) is 48.2 Å². The van der Waals surface area contributed by atoms with Gasteiger partial charge in [-0.05, 0) is 24.3 Å². The number of piperazine rings is 1. The maximum atomic E-state index is 14.0. The number of nitrogens with one attached hydrogen (secondary N) is 1. The number of amides is 4. The maximum absolute atomic E-state index is 14.0. The molecule has 0 atom stereocenters. The van der Waals surface area contributed by atoms with Crippen LogP contribution in [0.5, 0.6) is 0 Å². The summed E-state index contributed by atoms with van der Waals surface area (Å²) >= 11 is 6.50. The number of carbonyl (C=O) groups excluding carboxylic acids is 4. The Morgan fingerprint density at radius 3 is 2.29 bits per heavy atom. The van der Waals surface area contributed by atoms with Gasteiger partial charge >= 0.3 is 6.18 Å². The summed E-state index contributed by atoms with van der Waals surface area (Å²) in [5.41, 5.74) is 4.26. The summed E-state index contributed by atoms with van der Waals surface area (Å²) in [7, 11) is 3.37. The van der Waals surface area contributed by atoms with Gasteiger partial charge < -0.3 is 29.9 Å². The van der Waals surface area contributed by atoms with Gasteiger partial charge in [-0.1, -0.05) is 11.6 Å². The Kier molecular flexibility index (Phi) is 10.0. The molecule has 52 heavy (non-hydrogen) atoms. The van der Waals surface area contributed by atoms with Crippen molar-refractivity contribution in [1.29, 1.82) is 0 Å². The van der Waals surface area contributed by atoms with E-state index in [1.54, 1.807) is 9.80 Å². The number of piperidine rings is 1. The normalized spacial score (nSPS) is 19.4. The van der Waals surface area contributed by atoms with E-state index in [1.807, 2.05) is 7.05 Å². The minimum atomic E-state index is -4.82. The average molecular weight is 743 g/mol. The quantitative estimate of drug-likeness (QED) is 0.259. The average Bonchev–Trinajstić information content (AvgIpc) is 3.72. The molecule has 6 rings (SSSR count). The molecule has 5 heterocycles. The van der Waals surface area contributed by atoms with Crippen LogP contribution in [0.1, 0.15) is 39.5 Å². The highest BCUT2D eigenvalue weighted by atomic mass is 35.5. The van der Waals surface area contributed by atoms with Gasteiger partial charge in [-0.2, -0.15) is 18.3 Å². The zero-order valence-corrected chi connectivity index (χ0v) is 29.1. The molecule has 0 bridgehead atoms. The van der Waals surface area contributed by atoms with Crippen molar-refractivity contribution in [2.45, 2.75) is 19.0 Å². The van der Waals surface area contributed by atoms with Gasteiger partial charge in [-0.25, -0.2) is 19.6 Å². The van der Waals surface area contributed by atoms with Gasteiger partial charge in [0.1, 0.15) is 0 Å². The molecule has 0 aliphatic carbocycles. The van der Waals surface area contributed by atoms with Crippen LogP contribution in [0.4, 0.5) is 18.9 Å². The van der Waals surface area contributed by atoms with E-state index in [4.69, 9.17) is 17.3 Å². The number of benzene rings is 1. The van der Waals surface area contributed by atoms with E-state index >= 15 is 0 Å². The number of likely N-dealkylation sites (tertiary alicyclic amines) is 1. The number of imidazole rings is 1. The van der Waals surface area contributed by atoms with Crippen molar-refractivity contribution in [3.8, 4) is 17.2 Å². The number of rotatable bonds is 8. The lowest BCUT2D eigenvalue weighted by Crippen LogP contribution is -2.57. The lowest BCUT2D eigenvalue weighted by Gasteiger charge is -2.41. The van der Waals surface area contributed by atoms with Crippen LogP contribution in [0, 0.1) is 5.92 Å². The third kappa shape index (κ3) is 7.62. The number of primary amides is 1. The molecule has 1 aromatic carbocycles. The Hall–Kier alpha value is -5.36. The van der Waals surface area contributed by atoms with Gasteiger partial charge in [0, 0.05) is 76.3 Å². The van der Waals surface area contributed by atoms with Crippen molar-refractivity contribution in [2.24, 2.45) is 18.7 Å². The highest BCUT2D eigenvalue weighted by molar-refractivity contribution is 6.34. The van der Waals surface area contributed by atoms with E-state index < -0.39 is 17.8 Å². The topological polar surface area (TPSA) is 174 Å². The Labute approximate surface area is 300 Å². The van der Waals surface area contributed by atoms with Crippen LogP contribution in [0.25, 0.3) is 17.2 Å². The van der Waals surface area contributed by atoms with Crippen molar-refractivity contribution >= 4 is 40.9 Å². The SMILES string of the molecule is Cn1c(-c2cn(-c3ncccn3)nc2C(F)(F)F)cnc1C(=O)Nc1ccc(C(=O)N2CCN(C(=O)C3CC[N+](C)(CC(N)=O)CC3)CC2)c(Cl)c1. The standard InChI is InChI=1S/C33H35ClF3N11O4/c1-44-25(23-18-47(32-39-8-3-9-40-32)43-27(23)33(35,36)37)17-41-28(44)29(50)42-21-4-5-22(24(34)16-21)31(52)46-12-10-45(11-13-46)30(51)20-6-14-48(2,15-7-20)19-26(38)49/h3-5,8-9,16-18,20H,6-7,10-15,19H2,1-2H3,(H2-,38,42,49,50,52)/p+1.